The van der Waals surface area contributed by atoms with E-state index in [2.05, 4.69) is 0 Å². The van der Waals surface area contributed by atoms with Gasteiger partial charge < -0.3 is 29.2 Å². The van der Waals surface area contributed by atoms with Crippen LogP contribution in [0.5, 0.6) is 0 Å². The van der Waals surface area contributed by atoms with Crippen molar-refractivity contribution in [2.24, 2.45) is 28.1 Å². The van der Waals surface area contributed by atoms with Crippen molar-refractivity contribution in [2.45, 2.75) is 76.3 Å². The lowest BCUT2D eigenvalue weighted by molar-refractivity contribution is -0.238. The van der Waals surface area contributed by atoms with Crippen molar-refractivity contribution in [3.63, 3.8) is 0 Å². The van der Waals surface area contributed by atoms with Gasteiger partial charge in [0.05, 0.1) is 16.7 Å². The van der Waals surface area contributed by atoms with Gasteiger partial charge in [-0.15, -0.1) is 0 Å². The van der Waals surface area contributed by atoms with Crippen LogP contribution in [0, 0.1) is 28.1 Å². The van der Waals surface area contributed by atoms with Gasteiger partial charge in [-0.05, 0) is 24.7 Å². The largest absolute Gasteiger partial charge is 0.459 e. The Morgan fingerprint density at radius 2 is 1.72 bits per heavy atom. The number of esters is 3. The number of hydrogen-bond donors (Lipinski definition) is 2. The van der Waals surface area contributed by atoms with Crippen LogP contribution in [0.3, 0.4) is 0 Å². The first-order valence-corrected chi connectivity index (χ1v) is 10.1. The number of carbonyl (C=O) groups excluding carboxylic acids is 3. The van der Waals surface area contributed by atoms with Gasteiger partial charge in [0, 0.05) is 6.42 Å². The number of fused-ring (bicyclic) bond motifs is 1. The summed E-state index contributed by atoms with van der Waals surface area (Å²) >= 11 is 0. The highest BCUT2D eigenvalue weighted by Gasteiger charge is 3.01. The fourth-order valence-corrected chi connectivity index (χ4v) is 8.06. The molecule has 0 aromatic carbocycles. The lowest BCUT2D eigenvalue weighted by Gasteiger charge is -2.46. The Bertz CT molecular complexity index is 893. The van der Waals surface area contributed by atoms with Crippen LogP contribution in [0.15, 0.2) is 0 Å². The van der Waals surface area contributed by atoms with Gasteiger partial charge in [-0.3, -0.25) is 4.79 Å². The van der Waals surface area contributed by atoms with Crippen LogP contribution in [-0.2, 0) is 33.3 Å². The SMILES string of the molecule is C[C@@H]1C(=O)O[C@H]2CC34[C@H]5C[C@@H](C(C)(C)C)C36[C@@H](OC(=O)[C@@H]6O)O[C@@]4(C(=O)O5)[C@]21O. The molecule has 6 rings (SSSR count). The predicted octanol–water partition coefficient (Wildman–Crippen LogP) is -0.340. The summed E-state index contributed by atoms with van der Waals surface area (Å²) in [7, 11) is 0. The van der Waals surface area contributed by atoms with Crippen LogP contribution in [-0.4, -0.2) is 63.9 Å². The zero-order valence-corrected chi connectivity index (χ0v) is 16.6. The molecule has 4 saturated heterocycles. The fraction of sp³-hybridized carbons (Fsp3) is 0.850. The zero-order valence-electron chi connectivity index (χ0n) is 16.6. The summed E-state index contributed by atoms with van der Waals surface area (Å²) < 4.78 is 22.9. The number of hydrogen-bond acceptors (Lipinski definition) is 9. The summed E-state index contributed by atoms with van der Waals surface area (Å²) in [6, 6.07) is 0. The van der Waals surface area contributed by atoms with Gasteiger partial charge >= 0.3 is 17.9 Å². The highest BCUT2D eigenvalue weighted by Crippen LogP contribution is 2.84. The van der Waals surface area contributed by atoms with Gasteiger partial charge in [-0.2, -0.15) is 0 Å². The molecule has 10 atom stereocenters. The molecule has 2 spiro atoms. The van der Waals surface area contributed by atoms with E-state index in [-0.39, 0.29) is 17.8 Å². The highest BCUT2D eigenvalue weighted by atomic mass is 16.8. The van der Waals surface area contributed by atoms with E-state index in [1.807, 2.05) is 20.8 Å². The molecule has 9 nitrogen and oxygen atoms in total. The summed E-state index contributed by atoms with van der Waals surface area (Å²) in [6.45, 7) is 7.47. The minimum atomic E-state index is -1.97. The van der Waals surface area contributed by atoms with Crippen molar-refractivity contribution in [1.82, 2.24) is 0 Å². The number of carbonyl (C=O) groups is 3. The average Bonchev–Trinajstić information content (AvgIpc) is 3.31. The Hall–Kier alpha value is -1.71. The van der Waals surface area contributed by atoms with Crippen LogP contribution >= 0.6 is 0 Å². The minimum Gasteiger partial charge on any atom is -0.459 e. The van der Waals surface area contributed by atoms with Gasteiger partial charge in [0.15, 0.2) is 11.7 Å². The molecule has 6 aliphatic rings. The second kappa shape index (κ2) is 4.48. The van der Waals surface area contributed by atoms with Gasteiger partial charge in [-0.25, -0.2) is 9.59 Å². The van der Waals surface area contributed by atoms with E-state index in [0.29, 0.717) is 6.42 Å². The molecule has 2 unspecified atom stereocenters. The molecular weight excluding hydrogens is 384 g/mol. The smallest absolute Gasteiger partial charge is 0.342 e. The molecule has 0 aromatic heterocycles. The molecule has 9 heteroatoms. The second-order valence-corrected chi connectivity index (χ2v) is 10.6. The van der Waals surface area contributed by atoms with Crippen LogP contribution in [0.1, 0.15) is 40.5 Å². The normalized spacial score (nSPS) is 59.2. The molecule has 29 heavy (non-hydrogen) atoms. The summed E-state index contributed by atoms with van der Waals surface area (Å²) in [5.41, 5.74) is -6.81. The predicted molar refractivity (Wildman–Crippen MR) is 90.6 cm³/mol. The standard InChI is InChI=1S/C20H24O9/c1-7-12(22)26-10-6-17-9-5-8(16(2,3)4)18(17)11(21)13(23)28-15(18)29-20(17,14(24)27-9)19(7,10)25/h7-11,15,21,25H,5-6H2,1-4H3/t7-,8+,9-,10+,11+,15+,17?,18?,19-,20-/m1/s1. The third-order valence-corrected chi connectivity index (χ3v) is 8.97. The summed E-state index contributed by atoms with van der Waals surface area (Å²) in [5, 5.41) is 23.0. The first-order chi connectivity index (χ1) is 13.4. The monoisotopic (exact) mass is 408 g/mol. The van der Waals surface area contributed by atoms with Crippen molar-refractivity contribution in [3.05, 3.63) is 0 Å². The van der Waals surface area contributed by atoms with Gasteiger partial charge in [0.2, 0.25) is 11.9 Å². The van der Waals surface area contributed by atoms with Crippen molar-refractivity contribution >= 4 is 17.9 Å². The Morgan fingerprint density at radius 1 is 1.03 bits per heavy atom. The first-order valence-electron chi connectivity index (χ1n) is 10.1. The zero-order chi connectivity index (χ0) is 20.9. The maximum Gasteiger partial charge on any atom is 0.342 e. The highest BCUT2D eigenvalue weighted by molar-refractivity contribution is 5.93. The molecule has 6 fully saturated rings. The molecule has 2 N–H and O–H groups in total. The van der Waals surface area contributed by atoms with Crippen LogP contribution < -0.4 is 0 Å². The van der Waals surface area contributed by atoms with Crippen LogP contribution in [0.2, 0.25) is 0 Å². The first kappa shape index (κ1) is 18.1. The van der Waals surface area contributed by atoms with Gasteiger partial charge in [0.25, 0.3) is 0 Å². The quantitative estimate of drug-likeness (QED) is 0.408. The summed E-state index contributed by atoms with van der Waals surface area (Å²) in [6.07, 6.45) is -3.96. The molecule has 0 amide bonds. The summed E-state index contributed by atoms with van der Waals surface area (Å²) in [4.78, 5) is 38.1. The van der Waals surface area contributed by atoms with E-state index < -0.39 is 70.5 Å². The molecular formula is C20H24O9. The van der Waals surface area contributed by atoms with Crippen molar-refractivity contribution in [1.29, 1.82) is 0 Å². The lowest BCUT2D eigenvalue weighted by atomic mass is 9.51. The van der Waals surface area contributed by atoms with E-state index in [1.54, 1.807) is 0 Å². The maximum atomic E-state index is 13.3. The summed E-state index contributed by atoms with van der Waals surface area (Å²) in [5.74, 6) is -3.52. The van der Waals surface area contributed by atoms with E-state index in [1.165, 1.54) is 6.92 Å². The third-order valence-electron chi connectivity index (χ3n) is 8.97. The fourth-order valence-electron chi connectivity index (χ4n) is 8.06. The molecule has 0 bridgehead atoms. The molecule has 4 heterocycles. The topological polar surface area (TPSA) is 129 Å². The van der Waals surface area contributed by atoms with E-state index in [0.717, 1.165) is 0 Å². The molecule has 0 radical (unpaired) electrons. The Labute approximate surface area is 166 Å². The van der Waals surface area contributed by atoms with E-state index in [4.69, 9.17) is 18.9 Å². The van der Waals surface area contributed by atoms with Crippen LogP contribution in [0.4, 0.5) is 0 Å². The number of ether oxygens (including phenoxy) is 4. The van der Waals surface area contributed by atoms with Gasteiger partial charge in [-0.1, -0.05) is 20.8 Å². The number of aliphatic hydroxyl groups is 2. The maximum absolute atomic E-state index is 13.3. The number of rotatable bonds is 0. The van der Waals surface area contributed by atoms with Crippen LogP contribution in [0.25, 0.3) is 0 Å². The Kier molecular flexibility index (Phi) is 2.79. The molecule has 2 aliphatic carbocycles. The molecule has 0 aromatic rings. The van der Waals surface area contributed by atoms with Crippen molar-refractivity contribution in [2.75, 3.05) is 0 Å². The molecule has 2 saturated carbocycles. The molecule has 158 valence electrons. The van der Waals surface area contributed by atoms with E-state index >= 15 is 0 Å². The average molecular weight is 408 g/mol. The van der Waals surface area contributed by atoms with Crippen molar-refractivity contribution < 1.29 is 43.5 Å². The second-order valence-electron chi connectivity index (χ2n) is 10.6. The Morgan fingerprint density at radius 3 is 2.38 bits per heavy atom. The van der Waals surface area contributed by atoms with Gasteiger partial charge in [0.1, 0.15) is 12.2 Å². The van der Waals surface area contributed by atoms with E-state index in [9.17, 15) is 24.6 Å². The third kappa shape index (κ3) is 1.35. The van der Waals surface area contributed by atoms with Crippen molar-refractivity contribution in [3.8, 4) is 0 Å². The molecule has 4 aliphatic heterocycles. The Balaban J connectivity index is 1.68. The number of aliphatic hydroxyl groups excluding tert-OH is 1. The minimum absolute atomic E-state index is 0.0623. The lowest BCUT2D eigenvalue weighted by Crippen LogP contribution is -2.66.